The van der Waals surface area contributed by atoms with Crippen molar-refractivity contribution < 1.29 is 8.83 Å². The van der Waals surface area contributed by atoms with Gasteiger partial charge in [0.25, 0.3) is 0 Å². The molecule has 7 nitrogen and oxygen atoms in total. The van der Waals surface area contributed by atoms with Crippen LogP contribution in [0.2, 0.25) is 0 Å². The number of hydrogen-bond acceptors (Lipinski definition) is 5. The third-order valence-corrected chi connectivity index (χ3v) is 5.73. The minimum Gasteiger partial charge on any atom is -0.468 e. The van der Waals surface area contributed by atoms with Crippen molar-refractivity contribution in [2.24, 2.45) is 4.99 Å². The lowest BCUT2D eigenvalue weighted by Crippen LogP contribution is -2.45. The van der Waals surface area contributed by atoms with Gasteiger partial charge < -0.3 is 19.5 Å². The summed E-state index contributed by atoms with van der Waals surface area (Å²) in [5.74, 6) is 2.78. The van der Waals surface area contributed by atoms with Crippen LogP contribution in [0, 0.1) is 0 Å². The number of likely N-dealkylation sites (tertiary alicyclic amines) is 1. The van der Waals surface area contributed by atoms with E-state index in [-0.39, 0.29) is 36.1 Å². The molecule has 8 heteroatoms. The van der Waals surface area contributed by atoms with E-state index in [1.165, 1.54) is 12.8 Å². The van der Waals surface area contributed by atoms with Crippen molar-refractivity contribution in [3.8, 4) is 0 Å². The predicted octanol–water partition coefficient (Wildman–Crippen LogP) is 3.88. The Morgan fingerprint density at radius 2 is 1.63 bits per heavy atom. The zero-order chi connectivity index (χ0) is 20.5. The highest BCUT2D eigenvalue weighted by atomic mass is 127. The Balaban J connectivity index is 0.00000320. The van der Waals surface area contributed by atoms with Crippen LogP contribution < -0.4 is 10.6 Å². The molecule has 0 spiro atoms. The van der Waals surface area contributed by atoms with Gasteiger partial charge in [0.2, 0.25) is 0 Å². The van der Waals surface area contributed by atoms with Gasteiger partial charge in [-0.2, -0.15) is 0 Å². The number of nitrogens with zero attached hydrogens (tertiary/aromatic N) is 3. The molecule has 1 fully saturated rings. The van der Waals surface area contributed by atoms with Crippen molar-refractivity contribution in [2.75, 3.05) is 46.3 Å². The van der Waals surface area contributed by atoms with E-state index in [1.807, 2.05) is 25.2 Å². The summed E-state index contributed by atoms with van der Waals surface area (Å²) in [6, 6.07) is 8.40. The summed E-state index contributed by atoms with van der Waals surface area (Å²) in [5.41, 5.74) is 0. The smallest absolute Gasteiger partial charge is 0.191 e. The van der Waals surface area contributed by atoms with Crippen molar-refractivity contribution >= 4 is 29.9 Å². The van der Waals surface area contributed by atoms with Crippen molar-refractivity contribution in [2.45, 2.75) is 38.8 Å². The molecular weight excluding hydrogens is 493 g/mol. The zero-order valence-electron chi connectivity index (χ0n) is 18.3. The fraction of sp³-hybridized carbons (Fsp3) is 0.591. The lowest BCUT2D eigenvalue weighted by molar-refractivity contribution is 0.192. The Morgan fingerprint density at radius 1 is 1.03 bits per heavy atom. The van der Waals surface area contributed by atoms with Gasteiger partial charge in [0.1, 0.15) is 11.5 Å². The maximum absolute atomic E-state index is 5.72. The summed E-state index contributed by atoms with van der Waals surface area (Å²) in [6.07, 6.45) is 5.99. The molecule has 0 aliphatic carbocycles. The molecule has 0 bridgehead atoms. The molecule has 168 valence electrons. The van der Waals surface area contributed by atoms with Crippen molar-refractivity contribution in [3.05, 3.63) is 48.3 Å². The summed E-state index contributed by atoms with van der Waals surface area (Å²) < 4.78 is 11.4. The van der Waals surface area contributed by atoms with Gasteiger partial charge in [0.05, 0.1) is 24.6 Å². The molecule has 0 saturated carbocycles. The number of furan rings is 2. The van der Waals surface area contributed by atoms with E-state index >= 15 is 0 Å². The molecule has 2 aromatic heterocycles. The summed E-state index contributed by atoms with van der Waals surface area (Å²) in [5, 5.41) is 6.98. The SMILES string of the molecule is CCN(CC)C(CNC(=NC)NCC(c1ccco1)N1CCCC1)c1ccco1.I. The standard InChI is InChI=1S/C22H35N5O2.HI/c1-4-26(5-2)18(20-10-8-14-28-20)16-24-22(23-3)25-17-19(21-11-9-15-29-21)27-12-6-7-13-27;/h8-11,14-15,18-19H,4-7,12-13,16-17H2,1-3H3,(H2,23,24,25);1H. The topological polar surface area (TPSA) is 69.2 Å². The highest BCUT2D eigenvalue weighted by molar-refractivity contribution is 14.0. The van der Waals surface area contributed by atoms with E-state index in [0.29, 0.717) is 0 Å². The number of rotatable bonds is 10. The molecule has 2 aromatic rings. The van der Waals surface area contributed by atoms with Gasteiger partial charge in [-0.1, -0.05) is 13.8 Å². The van der Waals surface area contributed by atoms with Crippen LogP contribution in [0.25, 0.3) is 0 Å². The van der Waals surface area contributed by atoms with E-state index in [1.54, 1.807) is 12.5 Å². The van der Waals surface area contributed by atoms with Crippen LogP contribution in [0.3, 0.4) is 0 Å². The van der Waals surface area contributed by atoms with Crippen molar-refractivity contribution in [1.29, 1.82) is 0 Å². The Hall–Kier alpha value is -1.52. The van der Waals surface area contributed by atoms with E-state index in [4.69, 9.17) is 8.83 Å². The summed E-state index contributed by atoms with van der Waals surface area (Å²) >= 11 is 0. The van der Waals surface area contributed by atoms with Crippen molar-refractivity contribution in [3.63, 3.8) is 0 Å². The maximum atomic E-state index is 5.72. The first-order valence-electron chi connectivity index (χ1n) is 10.8. The van der Waals surface area contributed by atoms with E-state index in [9.17, 15) is 0 Å². The summed E-state index contributed by atoms with van der Waals surface area (Å²) in [4.78, 5) is 9.30. The normalized spacial score (nSPS) is 17.0. The second-order valence-electron chi connectivity index (χ2n) is 7.36. The Morgan fingerprint density at radius 3 is 2.17 bits per heavy atom. The first-order chi connectivity index (χ1) is 14.3. The number of hydrogen-bond donors (Lipinski definition) is 2. The van der Waals surface area contributed by atoms with Crippen LogP contribution in [-0.4, -0.2) is 62.1 Å². The minimum absolute atomic E-state index is 0. The van der Waals surface area contributed by atoms with Crippen LogP contribution in [0.4, 0.5) is 0 Å². The number of guanidine groups is 1. The lowest BCUT2D eigenvalue weighted by atomic mass is 10.2. The zero-order valence-corrected chi connectivity index (χ0v) is 20.7. The van der Waals surface area contributed by atoms with Gasteiger partial charge in [-0.05, 0) is 63.3 Å². The molecule has 0 radical (unpaired) electrons. The first-order valence-corrected chi connectivity index (χ1v) is 10.8. The Bertz CT molecular complexity index is 664. The van der Waals surface area contributed by atoms with Gasteiger partial charge in [0.15, 0.2) is 5.96 Å². The average molecular weight is 529 g/mol. The van der Waals surface area contributed by atoms with Crippen LogP contribution in [0.15, 0.2) is 50.6 Å². The number of aliphatic imine (C=N–C) groups is 1. The summed E-state index contributed by atoms with van der Waals surface area (Å²) in [6.45, 7) is 9.99. The van der Waals surface area contributed by atoms with E-state index in [0.717, 1.165) is 56.7 Å². The van der Waals surface area contributed by atoms with Crippen LogP contribution in [0.5, 0.6) is 0 Å². The second-order valence-corrected chi connectivity index (χ2v) is 7.36. The third-order valence-electron chi connectivity index (χ3n) is 5.73. The first kappa shape index (κ1) is 24.7. The Labute approximate surface area is 197 Å². The Kier molecular flexibility index (Phi) is 10.7. The number of halogens is 1. The van der Waals surface area contributed by atoms with Crippen LogP contribution in [0.1, 0.15) is 50.3 Å². The molecule has 1 aliphatic heterocycles. The maximum Gasteiger partial charge on any atom is 0.191 e. The van der Waals surface area contributed by atoms with Crippen LogP contribution >= 0.6 is 24.0 Å². The molecular formula is C22H36IN5O2. The second kappa shape index (κ2) is 13.0. The van der Waals surface area contributed by atoms with Crippen LogP contribution in [-0.2, 0) is 0 Å². The minimum atomic E-state index is 0. The monoisotopic (exact) mass is 529 g/mol. The quantitative estimate of drug-likeness (QED) is 0.277. The number of nitrogens with one attached hydrogen (secondary N) is 2. The van der Waals surface area contributed by atoms with Gasteiger partial charge in [0, 0.05) is 20.1 Å². The van der Waals surface area contributed by atoms with E-state index in [2.05, 4.69) is 45.3 Å². The molecule has 2 unspecified atom stereocenters. The fourth-order valence-corrected chi connectivity index (χ4v) is 4.11. The highest BCUT2D eigenvalue weighted by Crippen LogP contribution is 2.25. The molecule has 30 heavy (non-hydrogen) atoms. The fourth-order valence-electron chi connectivity index (χ4n) is 4.11. The number of likely N-dealkylation sites (N-methyl/N-ethyl adjacent to an activating group) is 1. The van der Waals surface area contributed by atoms with Gasteiger partial charge in [-0.25, -0.2) is 0 Å². The molecule has 1 aliphatic rings. The average Bonchev–Trinajstić information content (AvgIpc) is 3.52. The largest absolute Gasteiger partial charge is 0.468 e. The van der Waals surface area contributed by atoms with Gasteiger partial charge in [-0.3, -0.25) is 14.8 Å². The lowest BCUT2D eigenvalue weighted by Gasteiger charge is -2.30. The highest BCUT2D eigenvalue weighted by Gasteiger charge is 2.26. The molecule has 3 rings (SSSR count). The summed E-state index contributed by atoms with van der Waals surface area (Å²) in [7, 11) is 1.81. The molecule has 0 amide bonds. The predicted molar refractivity (Wildman–Crippen MR) is 131 cm³/mol. The molecule has 2 atom stereocenters. The third kappa shape index (κ3) is 6.49. The van der Waals surface area contributed by atoms with E-state index < -0.39 is 0 Å². The molecule has 0 aromatic carbocycles. The van der Waals surface area contributed by atoms with Gasteiger partial charge in [-0.15, -0.1) is 24.0 Å². The van der Waals surface area contributed by atoms with Crippen molar-refractivity contribution in [1.82, 2.24) is 20.4 Å². The molecule has 1 saturated heterocycles. The molecule has 2 N–H and O–H groups in total. The van der Waals surface area contributed by atoms with Gasteiger partial charge >= 0.3 is 0 Å². The molecule has 3 heterocycles.